The van der Waals surface area contributed by atoms with E-state index in [0.29, 0.717) is 18.7 Å². The molecule has 3 amide bonds. The summed E-state index contributed by atoms with van der Waals surface area (Å²) in [6.45, 7) is 2.88. The first-order chi connectivity index (χ1) is 12.6. The molecule has 7 heteroatoms. The lowest BCUT2D eigenvalue weighted by molar-refractivity contribution is 0.0951. The van der Waals surface area contributed by atoms with E-state index in [9.17, 15) is 9.59 Å². The molecule has 136 valence electrons. The number of nitrogens with two attached hydrogens (primary N) is 1. The van der Waals surface area contributed by atoms with Crippen molar-refractivity contribution >= 4 is 17.8 Å². The van der Waals surface area contributed by atoms with E-state index in [0.717, 1.165) is 30.0 Å². The van der Waals surface area contributed by atoms with E-state index in [1.165, 1.54) is 12.8 Å². The summed E-state index contributed by atoms with van der Waals surface area (Å²) < 4.78 is 0. The van der Waals surface area contributed by atoms with Crippen LogP contribution >= 0.6 is 0 Å². The molecule has 0 aliphatic carbocycles. The second kappa shape index (κ2) is 8.33. The first-order valence-electron chi connectivity index (χ1n) is 8.72. The van der Waals surface area contributed by atoms with E-state index in [1.807, 2.05) is 12.1 Å². The van der Waals surface area contributed by atoms with Gasteiger partial charge in [-0.05, 0) is 48.2 Å². The minimum Gasteiger partial charge on any atom is -0.357 e. The zero-order valence-electron chi connectivity index (χ0n) is 14.6. The lowest BCUT2D eigenvalue weighted by Crippen LogP contribution is -2.28. The third-order valence-corrected chi connectivity index (χ3v) is 4.38. The first-order valence-corrected chi connectivity index (χ1v) is 8.72. The summed E-state index contributed by atoms with van der Waals surface area (Å²) in [5, 5.41) is 5.44. The third kappa shape index (κ3) is 4.72. The number of amides is 3. The number of carbonyl (C=O) groups is 2. The Kier molecular flexibility index (Phi) is 5.68. The molecular weight excluding hydrogens is 330 g/mol. The monoisotopic (exact) mass is 353 g/mol. The van der Waals surface area contributed by atoms with Crippen LogP contribution in [-0.2, 0) is 13.1 Å². The van der Waals surface area contributed by atoms with E-state index in [4.69, 9.17) is 5.73 Å². The number of hydrogen-bond acceptors (Lipinski definition) is 4. The molecule has 0 unspecified atom stereocenters. The Hall–Kier alpha value is -3.09. The van der Waals surface area contributed by atoms with E-state index >= 15 is 0 Å². The van der Waals surface area contributed by atoms with Gasteiger partial charge in [0.05, 0.1) is 0 Å². The Morgan fingerprint density at radius 1 is 1.00 bits per heavy atom. The van der Waals surface area contributed by atoms with Crippen LogP contribution in [0.15, 0.2) is 42.6 Å². The predicted octanol–water partition coefficient (Wildman–Crippen LogP) is 1.78. The van der Waals surface area contributed by atoms with Gasteiger partial charge < -0.3 is 21.3 Å². The Labute approximate surface area is 152 Å². The number of carbonyl (C=O) groups excluding carboxylic acids is 2. The Bertz CT molecular complexity index is 770. The smallest absolute Gasteiger partial charge is 0.312 e. The molecule has 1 fully saturated rings. The topological polar surface area (TPSA) is 100 Å². The number of rotatable bonds is 6. The van der Waals surface area contributed by atoms with Gasteiger partial charge in [-0.15, -0.1) is 0 Å². The lowest BCUT2D eigenvalue weighted by atomic mass is 10.1. The van der Waals surface area contributed by atoms with Crippen molar-refractivity contribution in [1.82, 2.24) is 15.6 Å². The quantitative estimate of drug-likeness (QED) is 0.737. The van der Waals surface area contributed by atoms with Crippen molar-refractivity contribution in [2.45, 2.75) is 25.9 Å². The molecule has 1 saturated heterocycles. The maximum atomic E-state index is 12.3. The highest BCUT2D eigenvalue weighted by Crippen LogP contribution is 2.18. The van der Waals surface area contributed by atoms with E-state index in [2.05, 4.69) is 20.5 Å². The van der Waals surface area contributed by atoms with Gasteiger partial charge in [0.15, 0.2) is 0 Å². The van der Waals surface area contributed by atoms with Crippen LogP contribution in [0.5, 0.6) is 0 Å². The second-order valence-electron chi connectivity index (χ2n) is 6.31. The molecule has 0 bridgehead atoms. The summed E-state index contributed by atoms with van der Waals surface area (Å²) in [7, 11) is 0. The minimum atomic E-state index is -0.572. The Morgan fingerprint density at radius 3 is 2.38 bits per heavy atom. The summed E-state index contributed by atoms with van der Waals surface area (Å²) in [6.07, 6.45) is 4.19. The number of anilines is 1. The van der Waals surface area contributed by atoms with Crippen molar-refractivity contribution in [3.63, 3.8) is 0 Å². The molecule has 0 atom stereocenters. The second-order valence-corrected chi connectivity index (χ2v) is 6.31. The number of hydrogen-bond donors (Lipinski definition) is 3. The SMILES string of the molecule is NC(=O)NCc1ccc(C(=O)NCc2ccnc(N3CCCC3)c2)cc1. The lowest BCUT2D eigenvalue weighted by Gasteiger charge is -2.17. The van der Waals surface area contributed by atoms with E-state index < -0.39 is 6.03 Å². The molecule has 1 aliphatic rings. The highest BCUT2D eigenvalue weighted by Gasteiger charge is 2.13. The van der Waals surface area contributed by atoms with Gasteiger partial charge in [-0.1, -0.05) is 12.1 Å². The third-order valence-electron chi connectivity index (χ3n) is 4.38. The fourth-order valence-electron chi connectivity index (χ4n) is 2.94. The molecule has 2 aromatic rings. The molecular formula is C19H23N5O2. The first kappa shape index (κ1) is 17.7. The number of aromatic nitrogens is 1. The van der Waals surface area contributed by atoms with Crippen molar-refractivity contribution in [3.05, 3.63) is 59.3 Å². The maximum Gasteiger partial charge on any atom is 0.312 e. The van der Waals surface area contributed by atoms with E-state index in [-0.39, 0.29) is 5.91 Å². The molecule has 0 radical (unpaired) electrons. The molecule has 1 aromatic heterocycles. The standard InChI is InChI=1S/C19H23N5O2/c20-19(26)23-12-14-3-5-16(6-4-14)18(25)22-13-15-7-8-21-17(11-15)24-9-1-2-10-24/h3-8,11H,1-2,9-10,12-13H2,(H,22,25)(H3,20,23,26). The zero-order valence-corrected chi connectivity index (χ0v) is 14.6. The van der Waals surface area contributed by atoms with Crippen molar-refractivity contribution in [3.8, 4) is 0 Å². The van der Waals surface area contributed by atoms with E-state index in [1.54, 1.807) is 30.5 Å². The van der Waals surface area contributed by atoms with Crippen molar-refractivity contribution in [2.75, 3.05) is 18.0 Å². The van der Waals surface area contributed by atoms with Crippen LogP contribution in [0.25, 0.3) is 0 Å². The number of primary amides is 1. The highest BCUT2D eigenvalue weighted by atomic mass is 16.2. The molecule has 4 N–H and O–H groups in total. The van der Waals surface area contributed by atoms with Gasteiger partial charge >= 0.3 is 6.03 Å². The van der Waals surface area contributed by atoms with Crippen LogP contribution in [0.3, 0.4) is 0 Å². The molecule has 2 heterocycles. The largest absolute Gasteiger partial charge is 0.357 e. The van der Waals surface area contributed by atoms with Gasteiger partial charge in [0.2, 0.25) is 0 Å². The molecule has 0 saturated carbocycles. The van der Waals surface area contributed by atoms with Crippen LogP contribution in [0.4, 0.5) is 10.6 Å². The van der Waals surface area contributed by atoms with Crippen molar-refractivity contribution < 1.29 is 9.59 Å². The summed E-state index contributed by atoms with van der Waals surface area (Å²) in [4.78, 5) is 29.7. The van der Waals surface area contributed by atoms with Gasteiger partial charge in [-0.2, -0.15) is 0 Å². The number of nitrogens with one attached hydrogen (secondary N) is 2. The highest BCUT2D eigenvalue weighted by molar-refractivity contribution is 5.94. The number of urea groups is 1. The van der Waals surface area contributed by atoms with Gasteiger partial charge in [0, 0.05) is 37.9 Å². The summed E-state index contributed by atoms with van der Waals surface area (Å²) in [5.41, 5.74) is 7.52. The molecule has 0 spiro atoms. The number of nitrogens with zero attached hydrogens (tertiary/aromatic N) is 2. The Balaban J connectivity index is 1.55. The molecule has 26 heavy (non-hydrogen) atoms. The number of benzene rings is 1. The van der Waals surface area contributed by atoms with Crippen LogP contribution < -0.4 is 21.3 Å². The molecule has 7 nitrogen and oxygen atoms in total. The Morgan fingerprint density at radius 2 is 1.69 bits per heavy atom. The van der Waals surface area contributed by atoms with Crippen molar-refractivity contribution in [2.24, 2.45) is 5.73 Å². The van der Waals surface area contributed by atoms with Gasteiger partial charge in [-0.25, -0.2) is 9.78 Å². The van der Waals surface area contributed by atoms with Gasteiger partial charge in [-0.3, -0.25) is 4.79 Å². The minimum absolute atomic E-state index is 0.140. The zero-order chi connectivity index (χ0) is 18.4. The summed E-state index contributed by atoms with van der Waals surface area (Å²) in [5.74, 6) is 0.833. The van der Waals surface area contributed by atoms with Gasteiger partial charge in [0.1, 0.15) is 5.82 Å². The molecule has 3 rings (SSSR count). The average Bonchev–Trinajstić information content (AvgIpc) is 3.20. The normalized spacial score (nSPS) is 13.5. The fraction of sp³-hybridized carbons (Fsp3) is 0.316. The van der Waals surface area contributed by atoms with Gasteiger partial charge in [0.25, 0.3) is 5.91 Å². The summed E-state index contributed by atoms with van der Waals surface area (Å²) >= 11 is 0. The van der Waals surface area contributed by atoms with Crippen LogP contribution in [-0.4, -0.2) is 30.0 Å². The fourth-order valence-corrected chi connectivity index (χ4v) is 2.94. The van der Waals surface area contributed by atoms with Crippen LogP contribution in [0, 0.1) is 0 Å². The predicted molar refractivity (Wildman–Crippen MR) is 99.7 cm³/mol. The molecule has 1 aliphatic heterocycles. The van der Waals surface area contributed by atoms with Crippen LogP contribution in [0.1, 0.15) is 34.3 Å². The average molecular weight is 353 g/mol. The van der Waals surface area contributed by atoms with Crippen molar-refractivity contribution in [1.29, 1.82) is 0 Å². The number of pyridine rings is 1. The summed E-state index contributed by atoms with van der Waals surface area (Å²) in [6, 6.07) is 10.4. The van der Waals surface area contributed by atoms with Crippen LogP contribution in [0.2, 0.25) is 0 Å². The molecule has 1 aromatic carbocycles. The maximum absolute atomic E-state index is 12.3.